The van der Waals surface area contributed by atoms with E-state index in [2.05, 4.69) is 14.9 Å². The van der Waals surface area contributed by atoms with Crippen LogP contribution >= 0.6 is 11.3 Å². The summed E-state index contributed by atoms with van der Waals surface area (Å²) in [7, 11) is 0. The molecular formula is C25H31N3O4S. The molecule has 1 saturated heterocycles. The van der Waals surface area contributed by atoms with Crippen LogP contribution in [0.5, 0.6) is 5.75 Å². The maximum atomic E-state index is 10.7. The van der Waals surface area contributed by atoms with Crippen LogP contribution in [0.1, 0.15) is 66.9 Å². The molecule has 176 valence electrons. The van der Waals surface area contributed by atoms with Gasteiger partial charge in [0.15, 0.2) is 0 Å². The molecule has 3 aliphatic rings. The molecule has 0 bridgehead atoms. The van der Waals surface area contributed by atoms with Gasteiger partial charge in [0.05, 0.1) is 30.9 Å². The molecule has 8 heteroatoms. The third-order valence-corrected chi connectivity index (χ3v) is 8.71. The lowest BCUT2D eigenvalue weighted by Gasteiger charge is -2.38. The standard InChI is InChI=1S/C25H31N3O4S/c29-19(24-26-9-12-31-24)15-16-1-6-21-22(16)23-20(7-8-27-25(23)33-21)32-18-4-2-17(3-5-18)28-10-13-30-14-11-28/h7-9,12,16-19,29H,1-6,10-11,13-15H2/t16-,17-,18-,19+/m1/s1. The fourth-order valence-corrected chi connectivity index (χ4v) is 7.14. The van der Waals surface area contributed by atoms with E-state index < -0.39 is 6.10 Å². The number of thiophene rings is 1. The lowest BCUT2D eigenvalue weighted by atomic mass is 9.91. The van der Waals surface area contributed by atoms with E-state index in [1.54, 1.807) is 17.5 Å². The fourth-order valence-electron chi connectivity index (χ4n) is 5.88. The molecule has 0 radical (unpaired) electrons. The van der Waals surface area contributed by atoms with Crippen LogP contribution in [0.25, 0.3) is 10.2 Å². The number of pyridine rings is 1. The zero-order valence-corrected chi connectivity index (χ0v) is 19.6. The number of ether oxygens (including phenoxy) is 2. The first-order chi connectivity index (χ1) is 16.3. The Bertz CT molecular complexity index is 1070. The van der Waals surface area contributed by atoms with E-state index in [0.29, 0.717) is 18.4 Å². The van der Waals surface area contributed by atoms with Crippen LogP contribution in [-0.2, 0) is 11.2 Å². The third-order valence-electron chi connectivity index (χ3n) is 7.54. The molecule has 2 aliphatic carbocycles. The normalized spacial score (nSPS) is 27.0. The smallest absolute Gasteiger partial charge is 0.222 e. The zero-order chi connectivity index (χ0) is 22.2. The second-order valence-electron chi connectivity index (χ2n) is 9.48. The molecule has 1 saturated carbocycles. The molecule has 0 aromatic carbocycles. The van der Waals surface area contributed by atoms with Crippen molar-refractivity contribution in [1.82, 2.24) is 14.9 Å². The van der Waals surface area contributed by atoms with Crippen LogP contribution in [0.2, 0.25) is 0 Å². The predicted molar refractivity (Wildman–Crippen MR) is 126 cm³/mol. The fraction of sp³-hybridized carbons (Fsp3) is 0.600. The van der Waals surface area contributed by atoms with Crippen molar-refractivity contribution in [2.45, 2.75) is 69.1 Å². The second-order valence-corrected chi connectivity index (χ2v) is 10.6. The summed E-state index contributed by atoms with van der Waals surface area (Å²) in [5.41, 5.74) is 1.32. The summed E-state index contributed by atoms with van der Waals surface area (Å²) in [4.78, 5) is 13.8. The Morgan fingerprint density at radius 3 is 2.76 bits per heavy atom. The topological polar surface area (TPSA) is 80.9 Å². The number of hydrogen-bond donors (Lipinski definition) is 1. The summed E-state index contributed by atoms with van der Waals surface area (Å²) in [6.07, 6.45) is 11.8. The van der Waals surface area contributed by atoms with Gasteiger partial charge in [-0.2, -0.15) is 0 Å². The molecule has 2 fully saturated rings. The molecule has 33 heavy (non-hydrogen) atoms. The molecule has 3 aromatic heterocycles. The van der Waals surface area contributed by atoms with Gasteiger partial charge < -0.3 is 19.0 Å². The van der Waals surface area contributed by atoms with Crippen molar-refractivity contribution in [1.29, 1.82) is 0 Å². The van der Waals surface area contributed by atoms with Gasteiger partial charge in [-0.15, -0.1) is 11.3 Å². The van der Waals surface area contributed by atoms with Gasteiger partial charge in [-0.05, 0) is 62.5 Å². The van der Waals surface area contributed by atoms with Crippen LogP contribution in [0.15, 0.2) is 29.1 Å². The van der Waals surface area contributed by atoms with Crippen molar-refractivity contribution < 1.29 is 19.0 Å². The second kappa shape index (κ2) is 9.33. The van der Waals surface area contributed by atoms with E-state index in [9.17, 15) is 5.11 Å². The molecule has 2 atom stereocenters. The summed E-state index contributed by atoms with van der Waals surface area (Å²) in [6, 6.07) is 2.70. The molecule has 4 heterocycles. The number of oxazole rings is 1. The molecule has 1 aliphatic heterocycles. The highest BCUT2D eigenvalue weighted by atomic mass is 32.1. The maximum absolute atomic E-state index is 10.7. The number of fused-ring (bicyclic) bond motifs is 3. The van der Waals surface area contributed by atoms with Crippen LogP contribution in [0, 0.1) is 0 Å². The van der Waals surface area contributed by atoms with Gasteiger partial charge in [0.2, 0.25) is 5.89 Å². The van der Waals surface area contributed by atoms with Crippen LogP contribution in [0.3, 0.4) is 0 Å². The van der Waals surface area contributed by atoms with Gasteiger partial charge in [0.25, 0.3) is 0 Å². The summed E-state index contributed by atoms with van der Waals surface area (Å²) < 4.78 is 17.5. The minimum absolute atomic E-state index is 0.251. The molecular weight excluding hydrogens is 438 g/mol. The van der Waals surface area contributed by atoms with Gasteiger partial charge >= 0.3 is 0 Å². The van der Waals surface area contributed by atoms with Gasteiger partial charge in [0, 0.05) is 30.2 Å². The Morgan fingerprint density at radius 2 is 1.97 bits per heavy atom. The van der Waals surface area contributed by atoms with E-state index in [1.165, 1.54) is 29.5 Å². The van der Waals surface area contributed by atoms with Gasteiger partial charge in [-0.25, -0.2) is 9.97 Å². The van der Waals surface area contributed by atoms with E-state index in [0.717, 1.165) is 68.0 Å². The van der Waals surface area contributed by atoms with E-state index in [1.807, 2.05) is 12.3 Å². The quantitative estimate of drug-likeness (QED) is 0.571. The molecule has 0 unspecified atom stereocenters. The van der Waals surface area contributed by atoms with Gasteiger partial charge in [-0.3, -0.25) is 4.90 Å². The van der Waals surface area contributed by atoms with Crippen molar-refractivity contribution in [2.75, 3.05) is 26.3 Å². The van der Waals surface area contributed by atoms with E-state index in [-0.39, 0.29) is 12.0 Å². The van der Waals surface area contributed by atoms with Gasteiger partial charge in [0.1, 0.15) is 22.9 Å². The highest BCUT2D eigenvalue weighted by Crippen LogP contribution is 2.49. The Morgan fingerprint density at radius 1 is 1.12 bits per heavy atom. The number of aryl methyl sites for hydroxylation is 1. The van der Waals surface area contributed by atoms with E-state index in [4.69, 9.17) is 13.9 Å². The lowest BCUT2D eigenvalue weighted by Crippen LogP contribution is -2.46. The number of nitrogens with zero attached hydrogens (tertiary/aromatic N) is 3. The first kappa shape index (κ1) is 21.5. The van der Waals surface area contributed by atoms with Crippen LogP contribution in [0.4, 0.5) is 0 Å². The Labute approximate surface area is 197 Å². The monoisotopic (exact) mass is 469 g/mol. The minimum atomic E-state index is -0.692. The third kappa shape index (κ3) is 4.30. The number of aromatic nitrogens is 2. The zero-order valence-electron chi connectivity index (χ0n) is 18.8. The SMILES string of the molecule is O[C@@H](C[C@H]1CCc2sc3nccc(O[C@H]4CC[C@H](N5CCOCC5)CC4)c3c21)c1ncco1. The first-order valence-electron chi connectivity index (χ1n) is 12.2. The molecule has 3 aromatic rings. The Balaban J connectivity index is 1.18. The number of aliphatic hydroxyl groups is 1. The van der Waals surface area contributed by atoms with Crippen molar-refractivity contribution >= 4 is 21.6 Å². The molecule has 6 rings (SSSR count). The highest BCUT2D eigenvalue weighted by molar-refractivity contribution is 7.19. The van der Waals surface area contributed by atoms with Crippen molar-refractivity contribution in [3.63, 3.8) is 0 Å². The van der Waals surface area contributed by atoms with Crippen LogP contribution in [-0.4, -0.2) is 58.4 Å². The predicted octanol–water partition coefficient (Wildman–Crippen LogP) is 4.46. The Kier molecular flexibility index (Phi) is 6.09. The van der Waals surface area contributed by atoms with Crippen molar-refractivity contribution in [2.24, 2.45) is 0 Å². The molecule has 0 amide bonds. The summed E-state index contributed by atoms with van der Waals surface area (Å²) in [5.74, 6) is 1.62. The lowest BCUT2D eigenvalue weighted by molar-refractivity contribution is -0.000920. The highest BCUT2D eigenvalue weighted by Gasteiger charge is 2.33. The largest absolute Gasteiger partial charge is 0.490 e. The first-order valence-corrected chi connectivity index (χ1v) is 13.0. The molecule has 7 nitrogen and oxygen atoms in total. The van der Waals surface area contributed by atoms with Crippen molar-refractivity contribution in [3.05, 3.63) is 41.1 Å². The van der Waals surface area contributed by atoms with Gasteiger partial charge in [-0.1, -0.05) is 0 Å². The molecule has 1 N–H and O–H groups in total. The van der Waals surface area contributed by atoms with Crippen LogP contribution < -0.4 is 4.74 Å². The summed E-state index contributed by atoms with van der Waals surface area (Å²) >= 11 is 1.78. The number of hydrogen-bond acceptors (Lipinski definition) is 8. The average Bonchev–Trinajstić information content (AvgIpc) is 3.59. The number of morpholine rings is 1. The number of aliphatic hydroxyl groups excluding tert-OH is 1. The Hall–Kier alpha value is -2.00. The maximum Gasteiger partial charge on any atom is 0.222 e. The van der Waals surface area contributed by atoms with E-state index >= 15 is 0 Å². The summed E-state index contributed by atoms with van der Waals surface area (Å²) in [6.45, 7) is 3.84. The minimum Gasteiger partial charge on any atom is -0.490 e. The average molecular weight is 470 g/mol. The summed E-state index contributed by atoms with van der Waals surface area (Å²) in [5, 5.41) is 11.8. The molecule has 0 spiro atoms. The van der Waals surface area contributed by atoms with Crippen molar-refractivity contribution in [3.8, 4) is 5.75 Å². The number of rotatable bonds is 6.